The van der Waals surface area contributed by atoms with Gasteiger partial charge in [0, 0.05) is 46.8 Å². The fraction of sp³-hybridized carbons (Fsp3) is 0.750. The highest BCUT2D eigenvalue weighted by Crippen LogP contribution is 1.99. The SMILES string of the molecule is CCN(CC)C(=O)CCNC(=NCc1nnc(C)n1C)NCCOC.I. The Hall–Kier alpha value is -1.43. The number of aliphatic imine (C=N–C) groups is 1. The molecule has 0 radical (unpaired) electrons. The number of ether oxygens (including phenoxy) is 1. The number of nitrogens with zero attached hydrogens (tertiary/aromatic N) is 5. The molecule has 1 rings (SSSR count). The lowest BCUT2D eigenvalue weighted by Crippen LogP contribution is -2.41. The molecule has 0 unspecified atom stereocenters. The molecule has 10 heteroatoms. The van der Waals surface area contributed by atoms with Crippen LogP contribution in [0.1, 0.15) is 31.9 Å². The van der Waals surface area contributed by atoms with Crippen LogP contribution >= 0.6 is 24.0 Å². The normalized spacial score (nSPS) is 11.0. The van der Waals surface area contributed by atoms with Gasteiger partial charge in [0.25, 0.3) is 0 Å². The monoisotopic (exact) mass is 481 g/mol. The van der Waals surface area contributed by atoms with Crippen molar-refractivity contribution in [3.8, 4) is 0 Å². The molecule has 1 heterocycles. The number of amides is 1. The number of hydrogen-bond donors (Lipinski definition) is 2. The fourth-order valence-electron chi connectivity index (χ4n) is 2.21. The van der Waals surface area contributed by atoms with E-state index in [1.165, 1.54) is 0 Å². The van der Waals surface area contributed by atoms with Crippen molar-refractivity contribution < 1.29 is 9.53 Å². The summed E-state index contributed by atoms with van der Waals surface area (Å²) in [5.74, 6) is 2.39. The Morgan fingerprint density at radius 1 is 1.23 bits per heavy atom. The van der Waals surface area contributed by atoms with Crippen molar-refractivity contribution in [1.82, 2.24) is 30.3 Å². The van der Waals surface area contributed by atoms with Gasteiger partial charge in [-0.05, 0) is 20.8 Å². The minimum Gasteiger partial charge on any atom is -0.383 e. The molecule has 0 atom stereocenters. The lowest BCUT2D eigenvalue weighted by atomic mass is 10.3. The Kier molecular flexibility index (Phi) is 13.0. The zero-order chi connectivity index (χ0) is 18.7. The van der Waals surface area contributed by atoms with Gasteiger partial charge in [-0.2, -0.15) is 0 Å². The van der Waals surface area contributed by atoms with E-state index in [0.717, 1.165) is 24.7 Å². The van der Waals surface area contributed by atoms with E-state index < -0.39 is 0 Å². The molecule has 0 saturated heterocycles. The number of hydrogen-bond acceptors (Lipinski definition) is 5. The van der Waals surface area contributed by atoms with Crippen LogP contribution in [-0.2, 0) is 23.1 Å². The van der Waals surface area contributed by atoms with Crippen molar-refractivity contribution in [2.45, 2.75) is 33.7 Å². The first-order valence-corrected chi connectivity index (χ1v) is 8.67. The first-order valence-electron chi connectivity index (χ1n) is 8.67. The molecule has 1 aromatic rings. The van der Waals surface area contributed by atoms with Crippen molar-refractivity contribution in [1.29, 1.82) is 0 Å². The van der Waals surface area contributed by atoms with Crippen molar-refractivity contribution in [2.24, 2.45) is 12.0 Å². The van der Waals surface area contributed by atoms with Crippen LogP contribution in [0.2, 0.25) is 0 Å². The second-order valence-electron chi connectivity index (χ2n) is 5.55. The molecule has 9 nitrogen and oxygen atoms in total. The predicted octanol–water partition coefficient (Wildman–Crippen LogP) is 0.682. The molecule has 0 fully saturated rings. The number of methoxy groups -OCH3 is 1. The largest absolute Gasteiger partial charge is 0.383 e. The molecule has 0 aliphatic carbocycles. The number of carbonyl (C=O) groups excluding carboxylic acids is 1. The molecule has 1 amide bonds. The third-order valence-corrected chi connectivity index (χ3v) is 3.91. The topological polar surface area (TPSA) is 96.7 Å². The molecule has 0 aliphatic rings. The van der Waals surface area contributed by atoms with Crippen molar-refractivity contribution in [3.63, 3.8) is 0 Å². The lowest BCUT2D eigenvalue weighted by Gasteiger charge is -2.19. The summed E-state index contributed by atoms with van der Waals surface area (Å²) in [6.07, 6.45) is 0.426. The van der Waals surface area contributed by atoms with Gasteiger partial charge in [0.1, 0.15) is 12.4 Å². The Labute approximate surface area is 173 Å². The smallest absolute Gasteiger partial charge is 0.224 e. The van der Waals surface area contributed by atoms with Crippen LogP contribution in [0.5, 0.6) is 0 Å². The quantitative estimate of drug-likeness (QED) is 0.221. The lowest BCUT2D eigenvalue weighted by molar-refractivity contribution is -0.130. The molecular weight excluding hydrogens is 449 g/mol. The zero-order valence-corrected chi connectivity index (χ0v) is 18.7. The van der Waals surface area contributed by atoms with E-state index in [4.69, 9.17) is 4.74 Å². The number of aryl methyl sites for hydroxylation is 1. The summed E-state index contributed by atoms with van der Waals surface area (Å²) in [6, 6.07) is 0. The first kappa shape index (κ1) is 24.6. The number of aromatic nitrogens is 3. The molecule has 1 aromatic heterocycles. The highest BCUT2D eigenvalue weighted by atomic mass is 127. The third kappa shape index (κ3) is 8.30. The maximum absolute atomic E-state index is 12.1. The van der Waals surface area contributed by atoms with Gasteiger partial charge >= 0.3 is 0 Å². The second-order valence-corrected chi connectivity index (χ2v) is 5.55. The van der Waals surface area contributed by atoms with Crippen LogP contribution in [-0.4, -0.2) is 71.4 Å². The molecule has 0 aliphatic heterocycles. The summed E-state index contributed by atoms with van der Waals surface area (Å²) in [5, 5.41) is 14.5. The third-order valence-electron chi connectivity index (χ3n) is 3.91. The molecule has 0 bridgehead atoms. The highest BCUT2D eigenvalue weighted by Gasteiger charge is 2.10. The van der Waals surface area contributed by atoms with E-state index in [9.17, 15) is 4.79 Å². The number of carbonyl (C=O) groups is 1. The molecular formula is C16H32IN7O2. The van der Waals surface area contributed by atoms with Crippen molar-refractivity contribution >= 4 is 35.8 Å². The number of nitrogens with one attached hydrogen (secondary N) is 2. The summed E-state index contributed by atoms with van der Waals surface area (Å²) in [6.45, 7) is 9.45. The van der Waals surface area contributed by atoms with Gasteiger partial charge in [-0.1, -0.05) is 0 Å². The first-order chi connectivity index (χ1) is 12.0. The predicted molar refractivity (Wildman–Crippen MR) is 113 cm³/mol. The second kappa shape index (κ2) is 13.7. The Bertz CT molecular complexity index is 559. The van der Waals surface area contributed by atoms with E-state index >= 15 is 0 Å². The molecule has 2 N–H and O–H groups in total. The summed E-state index contributed by atoms with van der Waals surface area (Å²) in [7, 11) is 3.56. The van der Waals surface area contributed by atoms with Gasteiger partial charge in [0.05, 0.1) is 6.61 Å². The molecule has 0 saturated carbocycles. The molecule has 150 valence electrons. The minimum atomic E-state index is 0. The van der Waals surface area contributed by atoms with Crippen LogP contribution < -0.4 is 10.6 Å². The van der Waals surface area contributed by atoms with Crippen LogP contribution in [0, 0.1) is 6.92 Å². The van der Waals surface area contributed by atoms with Gasteiger partial charge in [-0.3, -0.25) is 4.79 Å². The maximum atomic E-state index is 12.1. The Morgan fingerprint density at radius 2 is 1.88 bits per heavy atom. The van der Waals surface area contributed by atoms with Crippen LogP contribution in [0.3, 0.4) is 0 Å². The van der Waals surface area contributed by atoms with E-state index in [2.05, 4.69) is 25.8 Å². The van der Waals surface area contributed by atoms with Gasteiger partial charge < -0.3 is 24.8 Å². The Balaban J connectivity index is 0.00000625. The summed E-state index contributed by atoms with van der Waals surface area (Å²) < 4.78 is 6.95. The molecule has 26 heavy (non-hydrogen) atoms. The fourth-order valence-corrected chi connectivity index (χ4v) is 2.21. The van der Waals surface area contributed by atoms with Gasteiger partial charge in [0.15, 0.2) is 11.8 Å². The summed E-state index contributed by atoms with van der Waals surface area (Å²) in [4.78, 5) is 18.4. The van der Waals surface area contributed by atoms with E-state index in [1.54, 1.807) is 7.11 Å². The van der Waals surface area contributed by atoms with Crippen LogP contribution in [0.4, 0.5) is 0 Å². The van der Waals surface area contributed by atoms with E-state index in [-0.39, 0.29) is 29.9 Å². The molecule has 0 aromatic carbocycles. The van der Waals surface area contributed by atoms with Gasteiger partial charge in [0.2, 0.25) is 5.91 Å². The number of rotatable bonds is 10. The standard InChI is InChI=1S/C16H31N7O2.HI/c1-6-23(7-2)15(24)8-9-17-16(18-10-11-25-5)19-12-14-21-20-13(3)22(14)4;/h6-12H2,1-5H3,(H2,17,18,19);1H. The molecule has 0 spiro atoms. The van der Waals surface area contributed by atoms with E-state index in [1.807, 2.05) is 37.3 Å². The Morgan fingerprint density at radius 3 is 2.42 bits per heavy atom. The van der Waals surface area contributed by atoms with Gasteiger partial charge in [-0.25, -0.2) is 4.99 Å². The van der Waals surface area contributed by atoms with Gasteiger partial charge in [-0.15, -0.1) is 34.2 Å². The number of guanidine groups is 1. The van der Waals surface area contributed by atoms with Crippen LogP contribution in [0.15, 0.2) is 4.99 Å². The number of halogens is 1. The summed E-state index contributed by atoms with van der Waals surface area (Å²) in [5.41, 5.74) is 0. The average molecular weight is 481 g/mol. The highest BCUT2D eigenvalue weighted by molar-refractivity contribution is 14.0. The van der Waals surface area contributed by atoms with E-state index in [0.29, 0.717) is 38.6 Å². The summed E-state index contributed by atoms with van der Waals surface area (Å²) >= 11 is 0. The zero-order valence-electron chi connectivity index (χ0n) is 16.4. The minimum absolute atomic E-state index is 0. The van der Waals surface area contributed by atoms with Crippen molar-refractivity contribution in [3.05, 3.63) is 11.6 Å². The van der Waals surface area contributed by atoms with Crippen LogP contribution in [0.25, 0.3) is 0 Å². The maximum Gasteiger partial charge on any atom is 0.224 e. The average Bonchev–Trinajstić information content (AvgIpc) is 2.92. The van der Waals surface area contributed by atoms with Crippen molar-refractivity contribution in [2.75, 3.05) is 39.9 Å².